The van der Waals surface area contributed by atoms with Crippen LogP contribution >= 0.6 is 0 Å². The standard InChI is InChI=1S/C27H33FN2O3/c1-2-3-18-33-27(32)29-23-14-10-21(11-15-23)26(31)30-17-16-19-6-4-5-7-24(19)25(30)20-8-12-22(28)13-9-20/h4-9,12-13,21,23,25H,2-3,10-11,14-18H2,1H3,(H,29,32). The first-order valence-corrected chi connectivity index (χ1v) is 12.1. The van der Waals surface area contributed by atoms with E-state index < -0.39 is 0 Å². The van der Waals surface area contributed by atoms with Gasteiger partial charge in [-0.25, -0.2) is 9.18 Å². The van der Waals surface area contributed by atoms with Crippen molar-refractivity contribution in [3.63, 3.8) is 0 Å². The zero-order valence-corrected chi connectivity index (χ0v) is 19.3. The molecule has 1 saturated carbocycles. The second kappa shape index (κ2) is 10.8. The average molecular weight is 453 g/mol. The van der Waals surface area contributed by atoms with Crippen LogP contribution in [0.1, 0.15) is 68.2 Å². The summed E-state index contributed by atoms with van der Waals surface area (Å²) in [6.45, 7) is 3.15. The van der Waals surface area contributed by atoms with Gasteiger partial charge in [-0.1, -0.05) is 49.7 Å². The second-order valence-corrected chi connectivity index (χ2v) is 9.12. The lowest BCUT2D eigenvalue weighted by molar-refractivity contribution is -0.138. The van der Waals surface area contributed by atoms with Crippen LogP contribution in [0.2, 0.25) is 0 Å². The van der Waals surface area contributed by atoms with Gasteiger partial charge < -0.3 is 15.0 Å². The predicted molar refractivity (Wildman–Crippen MR) is 125 cm³/mol. The Balaban J connectivity index is 1.43. The number of halogens is 1. The largest absolute Gasteiger partial charge is 0.450 e. The first-order valence-electron chi connectivity index (χ1n) is 12.1. The number of nitrogens with one attached hydrogen (secondary N) is 1. The summed E-state index contributed by atoms with van der Waals surface area (Å²) in [6.07, 6.45) is 5.33. The molecular formula is C27H33FN2O3. The van der Waals surface area contributed by atoms with Crippen molar-refractivity contribution in [1.29, 1.82) is 0 Å². The molecule has 2 aromatic carbocycles. The summed E-state index contributed by atoms with van der Waals surface area (Å²) in [5.74, 6) is -0.185. The number of hydrogen-bond donors (Lipinski definition) is 1. The number of alkyl carbamates (subject to hydrolysis) is 1. The van der Waals surface area contributed by atoms with Crippen LogP contribution < -0.4 is 5.32 Å². The number of unbranched alkanes of at least 4 members (excludes halogenated alkanes) is 1. The third kappa shape index (κ3) is 5.55. The zero-order valence-electron chi connectivity index (χ0n) is 19.3. The van der Waals surface area contributed by atoms with Gasteiger partial charge in [0.15, 0.2) is 0 Å². The number of ether oxygens (including phenoxy) is 1. The number of hydrogen-bond acceptors (Lipinski definition) is 3. The quantitative estimate of drug-likeness (QED) is 0.598. The van der Waals surface area contributed by atoms with Crippen molar-refractivity contribution in [3.05, 3.63) is 71.0 Å². The minimum absolute atomic E-state index is 0.0538. The predicted octanol–water partition coefficient (Wildman–Crippen LogP) is 5.38. The minimum atomic E-state index is -0.359. The number of benzene rings is 2. The highest BCUT2D eigenvalue weighted by Gasteiger charge is 2.36. The molecule has 1 unspecified atom stereocenters. The lowest BCUT2D eigenvalue weighted by atomic mass is 9.82. The van der Waals surface area contributed by atoms with E-state index in [-0.39, 0.29) is 35.8 Å². The third-order valence-electron chi connectivity index (χ3n) is 6.88. The van der Waals surface area contributed by atoms with Crippen molar-refractivity contribution in [2.75, 3.05) is 13.2 Å². The summed E-state index contributed by atoms with van der Waals surface area (Å²) in [5, 5.41) is 2.95. The number of carbonyl (C=O) groups excluding carboxylic acids is 2. The Labute approximate surface area is 195 Å². The second-order valence-electron chi connectivity index (χ2n) is 9.12. The number of rotatable bonds is 6. The topological polar surface area (TPSA) is 58.6 Å². The number of fused-ring (bicyclic) bond motifs is 1. The molecule has 5 nitrogen and oxygen atoms in total. The van der Waals surface area contributed by atoms with E-state index in [1.54, 1.807) is 12.1 Å². The van der Waals surface area contributed by atoms with Crippen LogP contribution in [0, 0.1) is 11.7 Å². The fourth-order valence-electron chi connectivity index (χ4n) is 5.05. The van der Waals surface area contributed by atoms with Crippen molar-refractivity contribution in [2.24, 2.45) is 5.92 Å². The molecule has 0 bridgehead atoms. The van der Waals surface area contributed by atoms with Gasteiger partial charge in [-0.3, -0.25) is 4.79 Å². The van der Waals surface area contributed by atoms with Crippen LogP contribution in [-0.4, -0.2) is 36.1 Å². The van der Waals surface area contributed by atoms with Gasteiger partial charge in [0.05, 0.1) is 12.6 Å². The number of nitrogens with zero attached hydrogens (tertiary/aromatic N) is 1. The van der Waals surface area contributed by atoms with E-state index in [0.717, 1.165) is 56.1 Å². The van der Waals surface area contributed by atoms with Crippen LogP contribution in [0.15, 0.2) is 48.5 Å². The molecule has 1 N–H and O–H groups in total. The Morgan fingerprint density at radius 1 is 1.06 bits per heavy atom. The SMILES string of the molecule is CCCCOC(=O)NC1CCC(C(=O)N2CCc3ccccc3C2c2ccc(F)cc2)CC1. The van der Waals surface area contributed by atoms with Crippen LogP contribution in [0.3, 0.4) is 0 Å². The van der Waals surface area contributed by atoms with E-state index in [9.17, 15) is 14.0 Å². The first-order chi connectivity index (χ1) is 16.1. The maximum absolute atomic E-state index is 13.7. The lowest BCUT2D eigenvalue weighted by Crippen LogP contribution is -2.46. The van der Waals surface area contributed by atoms with Crippen molar-refractivity contribution in [3.8, 4) is 0 Å². The molecule has 2 aliphatic rings. The molecule has 1 aliphatic carbocycles. The maximum Gasteiger partial charge on any atom is 0.407 e. The Morgan fingerprint density at radius 2 is 1.79 bits per heavy atom. The molecule has 1 atom stereocenters. The Kier molecular flexibility index (Phi) is 7.63. The van der Waals surface area contributed by atoms with Gasteiger partial charge in [-0.2, -0.15) is 0 Å². The van der Waals surface area contributed by atoms with Crippen molar-refractivity contribution >= 4 is 12.0 Å². The van der Waals surface area contributed by atoms with Gasteiger partial charge in [0, 0.05) is 18.5 Å². The highest BCUT2D eigenvalue weighted by Crippen LogP contribution is 2.38. The van der Waals surface area contributed by atoms with Crippen molar-refractivity contribution in [2.45, 2.75) is 64.0 Å². The van der Waals surface area contributed by atoms with E-state index in [1.807, 2.05) is 17.0 Å². The highest BCUT2D eigenvalue weighted by molar-refractivity contribution is 5.80. The summed E-state index contributed by atoms with van der Waals surface area (Å²) in [7, 11) is 0. The van der Waals surface area contributed by atoms with Crippen molar-refractivity contribution in [1.82, 2.24) is 10.2 Å². The fourth-order valence-corrected chi connectivity index (χ4v) is 5.05. The van der Waals surface area contributed by atoms with Gasteiger partial charge in [-0.15, -0.1) is 0 Å². The molecular weight excluding hydrogens is 419 g/mol. The minimum Gasteiger partial charge on any atom is -0.450 e. The lowest BCUT2D eigenvalue weighted by Gasteiger charge is -2.40. The third-order valence-corrected chi connectivity index (χ3v) is 6.88. The molecule has 0 radical (unpaired) electrons. The van der Waals surface area contributed by atoms with Gasteiger partial charge in [-0.05, 0) is 67.3 Å². The van der Waals surface area contributed by atoms with Gasteiger partial charge in [0.2, 0.25) is 5.91 Å². The summed E-state index contributed by atoms with van der Waals surface area (Å²) in [5.41, 5.74) is 3.29. The summed E-state index contributed by atoms with van der Waals surface area (Å²) >= 11 is 0. The molecule has 33 heavy (non-hydrogen) atoms. The van der Waals surface area contributed by atoms with Gasteiger partial charge in [0.25, 0.3) is 0 Å². The molecule has 4 rings (SSSR count). The Hall–Kier alpha value is -2.89. The fraction of sp³-hybridized carbons (Fsp3) is 0.481. The van der Waals surface area contributed by atoms with Crippen molar-refractivity contribution < 1.29 is 18.7 Å². The molecule has 176 valence electrons. The Bertz CT molecular complexity index is 954. The molecule has 2 amide bonds. The number of amides is 2. The summed E-state index contributed by atoms with van der Waals surface area (Å²) < 4.78 is 18.8. The highest BCUT2D eigenvalue weighted by atomic mass is 19.1. The van der Waals surface area contributed by atoms with E-state index in [0.29, 0.717) is 13.2 Å². The molecule has 0 aromatic heterocycles. The number of carbonyl (C=O) groups is 2. The van der Waals surface area contributed by atoms with E-state index >= 15 is 0 Å². The first kappa shape index (κ1) is 23.3. The van der Waals surface area contributed by atoms with Crippen LogP contribution in [-0.2, 0) is 16.0 Å². The molecule has 0 saturated heterocycles. The molecule has 6 heteroatoms. The molecule has 1 aliphatic heterocycles. The van der Waals surface area contributed by atoms with E-state index in [4.69, 9.17) is 4.74 Å². The molecule has 0 spiro atoms. The van der Waals surface area contributed by atoms with Crippen LogP contribution in [0.25, 0.3) is 0 Å². The van der Waals surface area contributed by atoms with Crippen LogP contribution in [0.5, 0.6) is 0 Å². The smallest absolute Gasteiger partial charge is 0.407 e. The molecule has 1 fully saturated rings. The maximum atomic E-state index is 13.7. The van der Waals surface area contributed by atoms with Gasteiger partial charge in [0.1, 0.15) is 5.82 Å². The monoisotopic (exact) mass is 452 g/mol. The summed E-state index contributed by atoms with van der Waals surface area (Å²) in [4.78, 5) is 27.6. The van der Waals surface area contributed by atoms with E-state index in [1.165, 1.54) is 17.7 Å². The summed E-state index contributed by atoms with van der Waals surface area (Å²) in [6, 6.07) is 14.6. The molecule has 2 aromatic rings. The molecule has 1 heterocycles. The zero-order chi connectivity index (χ0) is 23.2. The Morgan fingerprint density at radius 3 is 2.52 bits per heavy atom. The normalized spacial score (nSPS) is 22.4. The van der Waals surface area contributed by atoms with E-state index in [2.05, 4.69) is 24.4 Å². The average Bonchev–Trinajstić information content (AvgIpc) is 2.84. The van der Waals surface area contributed by atoms with Crippen LogP contribution in [0.4, 0.5) is 9.18 Å². The van der Waals surface area contributed by atoms with Gasteiger partial charge >= 0.3 is 6.09 Å².